The van der Waals surface area contributed by atoms with Crippen LogP contribution in [0.4, 0.5) is 0 Å². The summed E-state index contributed by atoms with van der Waals surface area (Å²) in [5.74, 6) is 1.18. The van der Waals surface area contributed by atoms with E-state index in [1.807, 2.05) is 0 Å². The van der Waals surface area contributed by atoms with Crippen LogP contribution in [-0.4, -0.2) is 46.2 Å². The molecule has 2 aliphatic carbocycles. The van der Waals surface area contributed by atoms with Gasteiger partial charge in [-0.2, -0.15) is 0 Å². The highest BCUT2D eigenvalue weighted by molar-refractivity contribution is 5.94. The summed E-state index contributed by atoms with van der Waals surface area (Å²) in [4.78, 5) is 2.42. The van der Waals surface area contributed by atoms with Gasteiger partial charge in [-0.05, 0) is 44.6 Å². The molecule has 96 valence electrons. The molecule has 3 aliphatic rings. The SMILES string of the molecule is OCC1CCCCN1C1/C(=N/O)C2CCC1C2. The van der Waals surface area contributed by atoms with Crippen LogP contribution in [0.25, 0.3) is 0 Å². The fraction of sp³-hybridized carbons (Fsp3) is 0.923. The van der Waals surface area contributed by atoms with E-state index in [9.17, 15) is 10.3 Å². The first kappa shape index (κ1) is 11.5. The molecule has 4 nitrogen and oxygen atoms in total. The maximum Gasteiger partial charge on any atom is 0.0775 e. The van der Waals surface area contributed by atoms with E-state index >= 15 is 0 Å². The minimum absolute atomic E-state index is 0.243. The Labute approximate surface area is 102 Å². The van der Waals surface area contributed by atoms with Crippen molar-refractivity contribution >= 4 is 5.71 Å². The molecule has 0 aromatic carbocycles. The van der Waals surface area contributed by atoms with Gasteiger partial charge in [0.2, 0.25) is 0 Å². The van der Waals surface area contributed by atoms with Crippen molar-refractivity contribution in [2.24, 2.45) is 17.0 Å². The van der Waals surface area contributed by atoms with Crippen LogP contribution < -0.4 is 0 Å². The van der Waals surface area contributed by atoms with Crippen LogP contribution in [0.15, 0.2) is 5.16 Å². The van der Waals surface area contributed by atoms with Gasteiger partial charge in [-0.3, -0.25) is 4.90 Å². The summed E-state index contributed by atoms with van der Waals surface area (Å²) in [7, 11) is 0. The molecule has 1 aliphatic heterocycles. The summed E-state index contributed by atoms with van der Waals surface area (Å²) < 4.78 is 0. The van der Waals surface area contributed by atoms with E-state index in [1.165, 1.54) is 32.1 Å². The summed E-state index contributed by atoms with van der Waals surface area (Å²) in [6.07, 6.45) is 7.17. The first-order valence-corrected chi connectivity index (χ1v) is 6.93. The Balaban J connectivity index is 1.82. The molecule has 0 radical (unpaired) electrons. The third kappa shape index (κ3) is 1.78. The van der Waals surface area contributed by atoms with Crippen molar-refractivity contribution < 1.29 is 10.3 Å². The second kappa shape index (κ2) is 4.58. The van der Waals surface area contributed by atoms with E-state index in [0.29, 0.717) is 17.9 Å². The zero-order valence-corrected chi connectivity index (χ0v) is 10.3. The molecule has 2 saturated carbocycles. The number of rotatable bonds is 2. The highest BCUT2D eigenvalue weighted by Crippen LogP contribution is 2.46. The van der Waals surface area contributed by atoms with Crippen LogP contribution in [0.1, 0.15) is 38.5 Å². The summed E-state index contributed by atoms with van der Waals surface area (Å²) >= 11 is 0. The number of hydrogen-bond acceptors (Lipinski definition) is 4. The van der Waals surface area contributed by atoms with Crippen molar-refractivity contribution in [2.75, 3.05) is 13.2 Å². The summed E-state index contributed by atoms with van der Waals surface area (Å²) in [5, 5.41) is 22.3. The van der Waals surface area contributed by atoms with Crippen molar-refractivity contribution in [1.29, 1.82) is 0 Å². The Bertz CT molecular complexity index is 319. The highest BCUT2D eigenvalue weighted by Gasteiger charge is 2.49. The highest BCUT2D eigenvalue weighted by atomic mass is 16.4. The monoisotopic (exact) mass is 238 g/mol. The largest absolute Gasteiger partial charge is 0.411 e. The average Bonchev–Trinajstić information content (AvgIpc) is 2.98. The number of oxime groups is 1. The van der Waals surface area contributed by atoms with Gasteiger partial charge in [0.25, 0.3) is 0 Å². The predicted octanol–water partition coefficient (Wildman–Crippen LogP) is 1.46. The first-order chi connectivity index (χ1) is 8.35. The molecule has 2 N–H and O–H groups in total. The summed E-state index contributed by atoms with van der Waals surface area (Å²) in [5.41, 5.74) is 1.00. The van der Waals surface area contributed by atoms with Crippen LogP contribution in [0.5, 0.6) is 0 Å². The van der Waals surface area contributed by atoms with E-state index in [1.54, 1.807) is 0 Å². The molecule has 0 aromatic rings. The Hall–Kier alpha value is -0.610. The van der Waals surface area contributed by atoms with Gasteiger partial charge < -0.3 is 10.3 Å². The third-order valence-electron chi connectivity index (χ3n) is 5.00. The maximum atomic E-state index is 9.51. The molecule has 3 rings (SSSR count). The van der Waals surface area contributed by atoms with E-state index < -0.39 is 0 Å². The number of aliphatic hydroxyl groups excluding tert-OH is 1. The summed E-state index contributed by atoms with van der Waals surface area (Å²) in [6.45, 7) is 1.30. The zero-order chi connectivity index (χ0) is 11.8. The van der Waals surface area contributed by atoms with Gasteiger partial charge in [-0.1, -0.05) is 11.6 Å². The Morgan fingerprint density at radius 1 is 1.24 bits per heavy atom. The molecule has 4 unspecified atom stereocenters. The van der Waals surface area contributed by atoms with E-state index in [2.05, 4.69) is 10.1 Å². The van der Waals surface area contributed by atoms with Gasteiger partial charge in [0, 0.05) is 12.0 Å². The molecule has 2 bridgehead atoms. The van der Waals surface area contributed by atoms with Crippen LogP contribution in [0.2, 0.25) is 0 Å². The lowest BCUT2D eigenvalue weighted by atomic mass is 9.89. The topological polar surface area (TPSA) is 56.1 Å². The molecule has 0 spiro atoms. The van der Waals surface area contributed by atoms with Crippen molar-refractivity contribution in [3.05, 3.63) is 0 Å². The Kier molecular flexibility index (Phi) is 3.09. The number of fused-ring (bicyclic) bond motifs is 2. The molecule has 4 atom stereocenters. The van der Waals surface area contributed by atoms with Gasteiger partial charge in [0.05, 0.1) is 18.4 Å². The smallest absolute Gasteiger partial charge is 0.0775 e. The molecular weight excluding hydrogens is 216 g/mol. The lowest BCUT2D eigenvalue weighted by Gasteiger charge is -2.42. The molecule has 1 heterocycles. The molecule has 17 heavy (non-hydrogen) atoms. The quantitative estimate of drug-likeness (QED) is 0.565. The molecule has 0 amide bonds. The van der Waals surface area contributed by atoms with Crippen LogP contribution in [-0.2, 0) is 0 Å². The number of aliphatic hydroxyl groups is 1. The molecule has 0 aromatic heterocycles. The molecule has 4 heteroatoms. The lowest BCUT2D eigenvalue weighted by molar-refractivity contribution is 0.0573. The standard InChI is InChI=1S/C13H22N2O2/c16-8-11-3-1-2-6-15(11)13-10-5-4-9(7-10)12(13)14-17/h9-11,13,16-17H,1-8H2/b14-12+. The Morgan fingerprint density at radius 3 is 2.88 bits per heavy atom. The second-order valence-corrected chi connectivity index (χ2v) is 5.81. The first-order valence-electron chi connectivity index (χ1n) is 6.93. The molecular formula is C13H22N2O2. The maximum absolute atomic E-state index is 9.51. The molecule has 1 saturated heterocycles. The van der Waals surface area contributed by atoms with Gasteiger partial charge in [-0.15, -0.1) is 0 Å². The fourth-order valence-electron chi connectivity index (χ4n) is 4.22. The Morgan fingerprint density at radius 2 is 2.12 bits per heavy atom. The zero-order valence-electron chi connectivity index (χ0n) is 10.3. The minimum Gasteiger partial charge on any atom is -0.411 e. The van der Waals surface area contributed by atoms with E-state index in [-0.39, 0.29) is 12.6 Å². The van der Waals surface area contributed by atoms with Gasteiger partial charge >= 0.3 is 0 Å². The van der Waals surface area contributed by atoms with Gasteiger partial charge in [-0.25, -0.2) is 0 Å². The van der Waals surface area contributed by atoms with Crippen molar-refractivity contribution in [3.63, 3.8) is 0 Å². The number of hydrogen-bond donors (Lipinski definition) is 2. The molecule has 3 fully saturated rings. The van der Waals surface area contributed by atoms with Crippen LogP contribution in [0, 0.1) is 11.8 Å². The number of nitrogens with zero attached hydrogens (tertiary/aromatic N) is 2. The van der Waals surface area contributed by atoms with Gasteiger partial charge in [0.1, 0.15) is 0 Å². The number of likely N-dealkylation sites (tertiary alicyclic amines) is 1. The van der Waals surface area contributed by atoms with Gasteiger partial charge in [0.15, 0.2) is 0 Å². The summed E-state index contributed by atoms with van der Waals surface area (Å²) in [6, 6.07) is 0.598. The fourth-order valence-corrected chi connectivity index (χ4v) is 4.22. The van der Waals surface area contributed by atoms with Crippen LogP contribution >= 0.6 is 0 Å². The van der Waals surface area contributed by atoms with Crippen molar-refractivity contribution in [1.82, 2.24) is 4.90 Å². The van der Waals surface area contributed by atoms with Crippen molar-refractivity contribution in [2.45, 2.75) is 50.6 Å². The van der Waals surface area contributed by atoms with Crippen LogP contribution in [0.3, 0.4) is 0 Å². The predicted molar refractivity (Wildman–Crippen MR) is 65.3 cm³/mol. The number of piperidine rings is 1. The third-order valence-corrected chi connectivity index (χ3v) is 5.00. The minimum atomic E-state index is 0.243. The van der Waals surface area contributed by atoms with E-state index in [4.69, 9.17) is 0 Å². The normalized spacial score (nSPS) is 44.6. The van der Waals surface area contributed by atoms with E-state index in [0.717, 1.165) is 18.7 Å². The van der Waals surface area contributed by atoms with Crippen molar-refractivity contribution in [3.8, 4) is 0 Å². The lowest BCUT2D eigenvalue weighted by Crippen LogP contribution is -2.53. The average molecular weight is 238 g/mol. The second-order valence-electron chi connectivity index (χ2n) is 5.81.